The van der Waals surface area contributed by atoms with Crippen LogP contribution in [0.3, 0.4) is 0 Å². The van der Waals surface area contributed by atoms with E-state index in [9.17, 15) is 14.4 Å². The van der Waals surface area contributed by atoms with Gasteiger partial charge in [0.15, 0.2) is 6.04 Å². The summed E-state index contributed by atoms with van der Waals surface area (Å²) in [5, 5.41) is 9.90. The number of amides is 3. The van der Waals surface area contributed by atoms with Gasteiger partial charge in [-0.25, -0.2) is 0 Å². The van der Waals surface area contributed by atoms with Crippen LogP contribution in [-0.2, 0) is 30.5 Å². The van der Waals surface area contributed by atoms with Crippen molar-refractivity contribution in [2.75, 3.05) is 39.2 Å². The predicted molar refractivity (Wildman–Crippen MR) is 172 cm³/mol. The minimum atomic E-state index is -1.18. The SMILES string of the molecule is CC.CC(C)(N)C(=O)NC(COCc1ccccc1)C(=O)Nc1cnn(C(C(=O)N2CCCC2)c2ccccc2)c1.COC. The highest BCUT2D eigenvalue weighted by Crippen LogP contribution is 2.24. The van der Waals surface area contributed by atoms with Crippen molar-refractivity contribution in [2.45, 2.75) is 64.8 Å². The molecule has 1 aliphatic rings. The quantitative estimate of drug-likeness (QED) is 0.301. The Morgan fingerprint density at radius 1 is 0.977 bits per heavy atom. The van der Waals surface area contributed by atoms with Crippen molar-refractivity contribution < 1.29 is 23.9 Å². The van der Waals surface area contributed by atoms with Crippen LogP contribution in [0.5, 0.6) is 0 Å². The number of aromatic nitrogens is 2. The molecule has 3 aromatic rings. The van der Waals surface area contributed by atoms with Crippen molar-refractivity contribution in [3.63, 3.8) is 0 Å². The first-order chi connectivity index (χ1) is 21.1. The van der Waals surface area contributed by atoms with Crippen LogP contribution in [0.1, 0.15) is 57.7 Å². The van der Waals surface area contributed by atoms with E-state index in [0.29, 0.717) is 5.69 Å². The van der Waals surface area contributed by atoms with Gasteiger partial charge >= 0.3 is 0 Å². The van der Waals surface area contributed by atoms with Crippen LogP contribution in [-0.4, -0.2) is 77.9 Å². The zero-order chi connectivity index (χ0) is 32.5. The molecule has 0 bridgehead atoms. The average molecular weight is 609 g/mol. The van der Waals surface area contributed by atoms with E-state index < -0.39 is 29.4 Å². The Morgan fingerprint density at radius 2 is 1.55 bits per heavy atom. The van der Waals surface area contributed by atoms with Crippen LogP contribution in [0.25, 0.3) is 0 Å². The Bertz CT molecular complexity index is 1270. The number of nitrogens with zero attached hydrogens (tertiary/aromatic N) is 3. The molecule has 44 heavy (non-hydrogen) atoms. The molecule has 0 spiro atoms. The molecule has 0 radical (unpaired) electrons. The number of nitrogens with one attached hydrogen (secondary N) is 2. The fraction of sp³-hybridized carbons (Fsp3) is 0.455. The lowest BCUT2D eigenvalue weighted by molar-refractivity contribution is -0.132. The summed E-state index contributed by atoms with van der Waals surface area (Å²) in [7, 11) is 3.25. The van der Waals surface area contributed by atoms with Crippen molar-refractivity contribution in [3.8, 4) is 0 Å². The summed E-state index contributed by atoms with van der Waals surface area (Å²) in [5.41, 5.74) is 6.90. The summed E-state index contributed by atoms with van der Waals surface area (Å²) < 4.78 is 11.6. The highest BCUT2D eigenvalue weighted by atomic mass is 16.5. The maximum atomic E-state index is 13.4. The van der Waals surface area contributed by atoms with Gasteiger partial charge in [0.25, 0.3) is 5.91 Å². The summed E-state index contributed by atoms with van der Waals surface area (Å²) in [4.78, 5) is 41.1. The fourth-order valence-electron chi connectivity index (χ4n) is 4.32. The van der Waals surface area contributed by atoms with Gasteiger partial charge in [0.05, 0.1) is 30.6 Å². The van der Waals surface area contributed by atoms with Gasteiger partial charge in [-0.2, -0.15) is 5.10 Å². The molecule has 2 heterocycles. The van der Waals surface area contributed by atoms with E-state index in [4.69, 9.17) is 10.5 Å². The van der Waals surface area contributed by atoms with Gasteiger partial charge in [-0.05, 0) is 37.8 Å². The predicted octanol–water partition coefficient (Wildman–Crippen LogP) is 3.76. The third kappa shape index (κ3) is 11.2. The van der Waals surface area contributed by atoms with Crippen LogP contribution in [0, 0.1) is 0 Å². The lowest BCUT2D eigenvalue weighted by Gasteiger charge is -2.24. The van der Waals surface area contributed by atoms with Gasteiger partial charge in [0.2, 0.25) is 11.8 Å². The van der Waals surface area contributed by atoms with E-state index in [1.54, 1.807) is 38.9 Å². The Balaban J connectivity index is 0.00000127. The van der Waals surface area contributed by atoms with Crippen molar-refractivity contribution in [3.05, 3.63) is 84.2 Å². The number of nitrogens with two attached hydrogens (primary N) is 1. The lowest BCUT2D eigenvalue weighted by Crippen LogP contribution is -2.56. The molecule has 0 aliphatic carbocycles. The minimum Gasteiger partial charge on any atom is -0.388 e. The standard InChI is InChI=1S/C29H36N6O4.C2H6O.C2H6/c1-29(2,30)28(38)33-24(20-39-19-21-11-5-3-6-12-21)26(36)32-23-17-31-35(18-23)25(22-13-7-4-8-14-22)27(37)34-15-9-10-16-34;1-3-2;1-2/h3-8,11-14,17-18,24-25H,9-10,15-16,19-20,30H2,1-2H3,(H,32,36)(H,33,38);1-2H3;1-2H3. The first kappa shape index (κ1) is 36.1. The van der Waals surface area contributed by atoms with Gasteiger partial charge in [-0.15, -0.1) is 0 Å². The normalized spacial score (nSPS) is 13.8. The Kier molecular flexibility index (Phi) is 15.2. The maximum absolute atomic E-state index is 13.4. The molecule has 1 fully saturated rings. The van der Waals surface area contributed by atoms with E-state index >= 15 is 0 Å². The lowest BCUT2D eigenvalue weighted by atomic mass is 10.1. The zero-order valence-electron chi connectivity index (χ0n) is 26.8. The first-order valence-electron chi connectivity index (χ1n) is 14.9. The largest absolute Gasteiger partial charge is 0.388 e. The molecule has 1 saturated heterocycles. The molecular weight excluding hydrogens is 560 g/mol. The molecule has 2 atom stereocenters. The van der Waals surface area contributed by atoms with Crippen LogP contribution in [0.2, 0.25) is 0 Å². The summed E-state index contributed by atoms with van der Waals surface area (Å²) in [6.45, 7) is 8.78. The van der Waals surface area contributed by atoms with Gasteiger partial charge < -0.3 is 30.7 Å². The summed E-state index contributed by atoms with van der Waals surface area (Å²) >= 11 is 0. The molecule has 4 rings (SSSR count). The number of ether oxygens (including phenoxy) is 2. The second-order valence-corrected chi connectivity index (χ2v) is 10.7. The molecule has 0 saturated carbocycles. The van der Waals surface area contributed by atoms with Crippen molar-refractivity contribution in [2.24, 2.45) is 5.73 Å². The van der Waals surface area contributed by atoms with Gasteiger partial charge in [-0.1, -0.05) is 74.5 Å². The highest BCUT2D eigenvalue weighted by Gasteiger charge is 2.31. The first-order valence-corrected chi connectivity index (χ1v) is 14.9. The topological polar surface area (TPSA) is 141 Å². The average Bonchev–Trinajstić information content (AvgIpc) is 3.72. The van der Waals surface area contributed by atoms with Crippen LogP contribution in [0.4, 0.5) is 5.69 Å². The number of hydrogen-bond acceptors (Lipinski definition) is 7. The third-order valence-corrected chi connectivity index (χ3v) is 6.50. The third-order valence-electron chi connectivity index (χ3n) is 6.50. The highest BCUT2D eigenvalue weighted by molar-refractivity contribution is 5.98. The molecule has 2 unspecified atom stereocenters. The molecule has 1 aromatic heterocycles. The Morgan fingerprint density at radius 3 is 2.11 bits per heavy atom. The van der Waals surface area contributed by atoms with Crippen LogP contribution < -0.4 is 16.4 Å². The zero-order valence-corrected chi connectivity index (χ0v) is 26.8. The molecule has 2 aromatic carbocycles. The number of methoxy groups -OCH3 is 1. The smallest absolute Gasteiger partial charge is 0.252 e. The number of rotatable bonds is 11. The van der Waals surface area contributed by atoms with Gasteiger partial charge in [0.1, 0.15) is 6.04 Å². The molecular formula is C33H48N6O5. The maximum Gasteiger partial charge on any atom is 0.252 e. The van der Waals surface area contributed by atoms with Crippen LogP contribution in [0.15, 0.2) is 73.1 Å². The number of carbonyl (C=O) groups is 3. The van der Waals surface area contributed by atoms with Gasteiger partial charge in [0, 0.05) is 33.5 Å². The number of benzene rings is 2. The molecule has 11 heteroatoms. The van der Waals surface area contributed by atoms with E-state index in [0.717, 1.165) is 37.1 Å². The molecule has 4 N–H and O–H groups in total. The second kappa shape index (κ2) is 18.6. The van der Waals surface area contributed by atoms with E-state index in [2.05, 4.69) is 20.5 Å². The van der Waals surface area contributed by atoms with E-state index in [1.165, 1.54) is 6.20 Å². The second-order valence-electron chi connectivity index (χ2n) is 10.7. The number of carbonyl (C=O) groups excluding carboxylic acids is 3. The number of hydrogen-bond donors (Lipinski definition) is 3. The summed E-state index contributed by atoms with van der Waals surface area (Å²) in [5.74, 6) is -1.01. The molecule has 3 amide bonds. The fourth-order valence-corrected chi connectivity index (χ4v) is 4.32. The number of likely N-dealkylation sites (tertiary alicyclic amines) is 1. The van der Waals surface area contributed by atoms with E-state index in [1.807, 2.05) is 79.4 Å². The molecule has 11 nitrogen and oxygen atoms in total. The molecule has 240 valence electrons. The number of anilines is 1. The summed E-state index contributed by atoms with van der Waals surface area (Å²) in [6.07, 6.45) is 5.07. The molecule has 1 aliphatic heterocycles. The summed E-state index contributed by atoms with van der Waals surface area (Å²) in [6, 6.07) is 17.3. The minimum absolute atomic E-state index is 0.0377. The Labute approximate surface area is 261 Å². The monoisotopic (exact) mass is 608 g/mol. The van der Waals surface area contributed by atoms with Crippen LogP contribution >= 0.6 is 0 Å². The van der Waals surface area contributed by atoms with Crippen molar-refractivity contribution in [1.82, 2.24) is 20.0 Å². The Hall–Kier alpha value is -4.06. The van der Waals surface area contributed by atoms with Gasteiger partial charge in [-0.3, -0.25) is 19.1 Å². The van der Waals surface area contributed by atoms with E-state index in [-0.39, 0.29) is 19.1 Å². The van der Waals surface area contributed by atoms with Crippen molar-refractivity contribution in [1.29, 1.82) is 0 Å². The van der Waals surface area contributed by atoms with Crippen molar-refractivity contribution >= 4 is 23.4 Å².